The summed E-state index contributed by atoms with van der Waals surface area (Å²) in [7, 11) is 6.16. The van der Waals surface area contributed by atoms with Crippen molar-refractivity contribution in [1.82, 2.24) is 14.7 Å². The van der Waals surface area contributed by atoms with Gasteiger partial charge in [0, 0.05) is 43.2 Å². The molecule has 0 spiro atoms. The molecule has 1 aliphatic carbocycles. The van der Waals surface area contributed by atoms with Crippen LogP contribution in [-0.2, 0) is 16.0 Å². The summed E-state index contributed by atoms with van der Waals surface area (Å²) in [5.74, 6) is 1.46. The lowest BCUT2D eigenvalue weighted by molar-refractivity contribution is -0.134. The number of anilines is 1. The molecule has 1 aromatic rings. The third-order valence-electron chi connectivity index (χ3n) is 8.00. The van der Waals surface area contributed by atoms with Crippen molar-refractivity contribution in [1.29, 1.82) is 0 Å². The van der Waals surface area contributed by atoms with Gasteiger partial charge in [0.1, 0.15) is 11.9 Å². The first-order valence-corrected chi connectivity index (χ1v) is 14.5. The summed E-state index contributed by atoms with van der Waals surface area (Å²) in [6, 6.07) is 5.36. The Labute approximate surface area is 229 Å². The average Bonchev–Trinajstić information content (AvgIpc) is 2.91. The molecule has 1 aromatic carbocycles. The Hall–Kier alpha value is -2.16. The van der Waals surface area contributed by atoms with Gasteiger partial charge in [0.25, 0.3) is 0 Å². The first kappa shape index (κ1) is 30.4. The molecule has 2 amide bonds. The molecular weight excluding hydrogens is 480 g/mol. The third kappa shape index (κ3) is 9.24. The van der Waals surface area contributed by atoms with Gasteiger partial charge in [0.2, 0.25) is 11.8 Å². The maximum Gasteiger partial charge on any atom is 0.227 e. The molecule has 2 N–H and O–H groups in total. The van der Waals surface area contributed by atoms with E-state index in [4.69, 9.17) is 4.74 Å². The molecule has 8 nitrogen and oxygen atoms in total. The van der Waals surface area contributed by atoms with Crippen LogP contribution < -0.4 is 10.1 Å². The van der Waals surface area contributed by atoms with Gasteiger partial charge in [0.15, 0.2) is 0 Å². The second-order valence-corrected chi connectivity index (χ2v) is 11.9. The SMILES string of the molecule is C[C@@H]1CN([C@H](C)CO)C(=O)Cc2cc(NC(=O)CCCN(C)C)ccc2O[C@H]1CN(C)CC1CCCCC1. The number of carbonyl (C=O) groups is 2. The molecule has 0 saturated heterocycles. The smallest absolute Gasteiger partial charge is 0.227 e. The molecule has 1 aliphatic heterocycles. The number of carbonyl (C=O) groups excluding carboxylic acids is 2. The van der Waals surface area contributed by atoms with Gasteiger partial charge in [-0.3, -0.25) is 9.59 Å². The minimum Gasteiger partial charge on any atom is -0.488 e. The molecule has 2 aliphatic rings. The number of fused-ring (bicyclic) bond motifs is 1. The molecule has 3 atom stereocenters. The van der Waals surface area contributed by atoms with Crippen molar-refractivity contribution < 1.29 is 19.4 Å². The van der Waals surface area contributed by atoms with Crippen LogP contribution in [0.1, 0.15) is 64.4 Å². The van der Waals surface area contributed by atoms with Crippen molar-refractivity contribution >= 4 is 17.5 Å². The van der Waals surface area contributed by atoms with Crippen LogP contribution in [0.3, 0.4) is 0 Å². The molecule has 0 bridgehead atoms. The van der Waals surface area contributed by atoms with E-state index in [2.05, 4.69) is 29.1 Å². The minimum atomic E-state index is -0.272. The molecule has 38 heavy (non-hydrogen) atoms. The molecule has 214 valence electrons. The third-order valence-corrected chi connectivity index (χ3v) is 8.00. The number of likely N-dealkylation sites (N-methyl/N-ethyl adjacent to an activating group) is 1. The normalized spacial score (nSPS) is 21.9. The van der Waals surface area contributed by atoms with Gasteiger partial charge in [-0.25, -0.2) is 0 Å². The molecule has 0 aromatic heterocycles. The summed E-state index contributed by atoms with van der Waals surface area (Å²) in [4.78, 5) is 32.2. The van der Waals surface area contributed by atoms with E-state index in [1.807, 2.05) is 39.2 Å². The fourth-order valence-corrected chi connectivity index (χ4v) is 5.70. The summed E-state index contributed by atoms with van der Waals surface area (Å²) in [6.07, 6.45) is 7.90. The van der Waals surface area contributed by atoms with Gasteiger partial charge >= 0.3 is 0 Å². The molecule has 0 unspecified atom stereocenters. The summed E-state index contributed by atoms with van der Waals surface area (Å²) in [5.41, 5.74) is 1.44. The highest BCUT2D eigenvalue weighted by molar-refractivity contribution is 5.91. The zero-order valence-electron chi connectivity index (χ0n) is 24.2. The van der Waals surface area contributed by atoms with Crippen LogP contribution in [0, 0.1) is 11.8 Å². The number of hydrogen-bond donors (Lipinski definition) is 2. The highest BCUT2D eigenvalue weighted by atomic mass is 16.5. The molecule has 3 rings (SSSR count). The number of hydrogen-bond acceptors (Lipinski definition) is 6. The lowest BCUT2D eigenvalue weighted by Crippen LogP contribution is -2.48. The van der Waals surface area contributed by atoms with Crippen molar-refractivity contribution in [3.63, 3.8) is 0 Å². The highest BCUT2D eigenvalue weighted by Crippen LogP contribution is 2.30. The van der Waals surface area contributed by atoms with Gasteiger partial charge in [0.05, 0.1) is 19.1 Å². The summed E-state index contributed by atoms with van der Waals surface area (Å²) >= 11 is 0. The zero-order valence-corrected chi connectivity index (χ0v) is 24.2. The van der Waals surface area contributed by atoms with Crippen molar-refractivity contribution in [2.45, 2.75) is 77.4 Å². The molecule has 0 radical (unpaired) electrons. The Morgan fingerprint density at radius 3 is 2.61 bits per heavy atom. The maximum absolute atomic E-state index is 13.4. The molecule has 8 heteroatoms. The summed E-state index contributed by atoms with van der Waals surface area (Å²) in [6.45, 7) is 7.17. The van der Waals surface area contributed by atoms with Gasteiger partial charge in [-0.15, -0.1) is 0 Å². The second kappa shape index (κ2) is 14.8. The number of rotatable bonds is 11. The van der Waals surface area contributed by atoms with Crippen LogP contribution in [0.15, 0.2) is 18.2 Å². The Balaban J connectivity index is 1.78. The predicted octanol–water partition coefficient (Wildman–Crippen LogP) is 3.63. The number of amides is 2. The first-order chi connectivity index (χ1) is 18.2. The number of nitrogens with zero attached hydrogens (tertiary/aromatic N) is 3. The molecule has 1 fully saturated rings. The highest BCUT2D eigenvalue weighted by Gasteiger charge is 2.31. The maximum atomic E-state index is 13.4. The number of ether oxygens (including phenoxy) is 1. The topological polar surface area (TPSA) is 85.3 Å². The van der Waals surface area contributed by atoms with E-state index in [0.717, 1.165) is 37.5 Å². The lowest BCUT2D eigenvalue weighted by Gasteiger charge is -2.35. The van der Waals surface area contributed by atoms with Crippen LogP contribution in [-0.4, -0.2) is 97.7 Å². The first-order valence-electron chi connectivity index (χ1n) is 14.5. The van der Waals surface area contributed by atoms with Gasteiger partial charge in [-0.05, 0) is 78.0 Å². The van der Waals surface area contributed by atoms with E-state index in [1.54, 1.807) is 4.90 Å². The van der Waals surface area contributed by atoms with Crippen molar-refractivity contribution in [2.24, 2.45) is 11.8 Å². The van der Waals surface area contributed by atoms with Crippen molar-refractivity contribution in [3.05, 3.63) is 23.8 Å². The van der Waals surface area contributed by atoms with Gasteiger partial charge in [-0.1, -0.05) is 26.2 Å². The fourth-order valence-electron chi connectivity index (χ4n) is 5.70. The Morgan fingerprint density at radius 1 is 1.18 bits per heavy atom. The summed E-state index contributed by atoms with van der Waals surface area (Å²) < 4.78 is 6.65. The number of benzene rings is 1. The van der Waals surface area contributed by atoms with Crippen LogP contribution >= 0.6 is 0 Å². The largest absolute Gasteiger partial charge is 0.488 e. The lowest BCUT2D eigenvalue weighted by atomic mass is 9.89. The predicted molar refractivity (Wildman–Crippen MR) is 152 cm³/mol. The monoisotopic (exact) mass is 530 g/mol. The quantitative estimate of drug-likeness (QED) is 0.455. The van der Waals surface area contributed by atoms with Crippen molar-refractivity contribution in [2.75, 3.05) is 59.2 Å². The molecular formula is C30H50N4O4. The number of aliphatic hydroxyl groups is 1. The van der Waals surface area contributed by atoms with Crippen LogP contribution in [0.2, 0.25) is 0 Å². The van der Waals surface area contributed by atoms with E-state index in [1.165, 1.54) is 32.1 Å². The number of aliphatic hydroxyl groups excluding tert-OH is 1. The van der Waals surface area contributed by atoms with Gasteiger partial charge < -0.3 is 29.9 Å². The minimum absolute atomic E-state index is 0.0334. The van der Waals surface area contributed by atoms with Gasteiger partial charge in [-0.2, -0.15) is 0 Å². The Bertz CT molecular complexity index is 902. The van der Waals surface area contributed by atoms with E-state index >= 15 is 0 Å². The Morgan fingerprint density at radius 2 is 1.92 bits per heavy atom. The van der Waals surface area contributed by atoms with Crippen molar-refractivity contribution in [3.8, 4) is 5.75 Å². The molecule has 1 heterocycles. The fraction of sp³-hybridized carbons (Fsp3) is 0.733. The Kier molecular flexibility index (Phi) is 11.9. The second-order valence-electron chi connectivity index (χ2n) is 11.9. The average molecular weight is 531 g/mol. The standard InChI is InChI=1S/C30H50N4O4/c1-22-18-34(23(2)21-35)30(37)17-25-16-26(31-29(36)12-9-15-32(3)4)13-14-27(25)38-28(22)20-33(5)19-24-10-7-6-8-11-24/h13-14,16,22-24,28,35H,6-12,15,17-21H2,1-5H3,(H,31,36)/t22-,23-,28+/m1/s1. The van der Waals surface area contributed by atoms with E-state index in [9.17, 15) is 14.7 Å². The van der Waals surface area contributed by atoms with E-state index in [0.29, 0.717) is 24.4 Å². The van der Waals surface area contributed by atoms with Crippen LogP contribution in [0.4, 0.5) is 5.69 Å². The molecule has 1 saturated carbocycles. The zero-order chi connectivity index (χ0) is 27.7. The number of nitrogens with one attached hydrogen (secondary N) is 1. The van der Waals surface area contributed by atoms with E-state index < -0.39 is 0 Å². The van der Waals surface area contributed by atoms with Crippen LogP contribution in [0.5, 0.6) is 5.75 Å². The van der Waals surface area contributed by atoms with E-state index in [-0.39, 0.29) is 42.9 Å². The van der Waals surface area contributed by atoms with Crippen LogP contribution in [0.25, 0.3) is 0 Å². The summed E-state index contributed by atoms with van der Waals surface area (Å²) in [5, 5.41) is 12.9.